The second kappa shape index (κ2) is 20.0. The Labute approximate surface area is 147 Å². The molecule has 0 aliphatic rings. The van der Waals surface area contributed by atoms with Crippen molar-refractivity contribution in [2.24, 2.45) is 5.73 Å². The van der Waals surface area contributed by atoms with Crippen LogP contribution < -0.4 is 5.73 Å². The maximum atomic E-state index is 5.61. The average Bonchev–Trinajstić information content (AvgIpc) is 2.57. The Hall–Kier alpha value is -0.0800. The van der Waals surface area contributed by atoms with Crippen LogP contribution in [0.5, 0.6) is 0 Å². The monoisotopic (exact) mass is 326 g/mol. The molecule has 23 heavy (non-hydrogen) atoms. The van der Waals surface area contributed by atoms with Crippen LogP contribution in [-0.2, 0) is 0 Å². The summed E-state index contributed by atoms with van der Waals surface area (Å²) in [5.74, 6) is 0. The van der Waals surface area contributed by atoms with Gasteiger partial charge in [-0.25, -0.2) is 0 Å². The normalized spacial score (nSPS) is 11.5. The molecule has 0 aromatic heterocycles. The van der Waals surface area contributed by atoms with Crippen molar-refractivity contribution in [3.63, 3.8) is 0 Å². The summed E-state index contributed by atoms with van der Waals surface area (Å²) in [5.41, 5.74) is 5.61. The van der Waals surface area contributed by atoms with Crippen molar-refractivity contribution in [2.45, 2.75) is 110 Å². The molecule has 0 saturated carbocycles. The maximum Gasteiger partial charge on any atom is -0.00187 e. The van der Waals surface area contributed by atoms with Gasteiger partial charge in [0.2, 0.25) is 0 Å². The molecule has 0 radical (unpaired) electrons. The lowest BCUT2D eigenvalue weighted by molar-refractivity contribution is 0.254. The highest BCUT2D eigenvalue weighted by atomic mass is 15.1. The van der Waals surface area contributed by atoms with E-state index in [9.17, 15) is 0 Å². The lowest BCUT2D eigenvalue weighted by Crippen LogP contribution is -2.27. The minimum Gasteiger partial charge on any atom is -0.330 e. The first kappa shape index (κ1) is 22.9. The summed E-state index contributed by atoms with van der Waals surface area (Å²) in [6.07, 6.45) is 20.8. The number of rotatable bonds is 19. The predicted molar refractivity (Wildman–Crippen MR) is 106 cm³/mol. The van der Waals surface area contributed by atoms with Crippen molar-refractivity contribution in [1.29, 1.82) is 0 Å². The topological polar surface area (TPSA) is 29.3 Å². The Kier molecular flexibility index (Phi) is 19.9. The van der Waals surface area contributed by atoms with Crippen LogP contribution in [0.4, 0.5) is 0 Å². The minimum absolute atomic E-state index is 0.856. The number of nitrogens with two attached hydrogens (primary N) is 1. The van der Waals surface area contributed by atoms with Gasteiger partial charge in [0.25, 0.3) is 0 Å². The Morgan fingerprint density at radius 2 is 0.826 bits per heavy atom. The van der Waals surface area contributed by atoms with Gasteiger partial charge >= 0.3 is 0 Å². The van der Waals surface area contributed by atoms with E-state index < -0.39 is 0 Å². The van der Waals surface area contributed by atoms with Gasteiger partial charge in [0.05, 0.1) is 0 Å². The van der Waals surface area contributed by atoms with Crippen LogP contribution in [0, 0.1) is 0 Å². The molecule has 0 aliphatic carbocycles. The zero-order valence-corrected chi connectivity index (χ0v) is 16.5. The Morgan fingerprint density at radius 3 is 1.22 bits per heavy atom. The number of nitrogens with zero attached hydrogens (tertiary/aromatic N) is 1. The second-order valence-corrected chi connectivity index (χ2v) is 7.23. The smallest absolute Gasteiger partial charge is 0.00187 e. The first-order valence-electron chi connectivity index (χ1n) is 10.8. The fourth-order valence-corrected chi connectivity index (χ4v) is 3.22. The van der Waals surface area contributed by atoms with Gasteiger partial charge in [0.1, 0.15) is 0 Å². The summed E-state index contributed by atoms with van der Waals surface area (Å²) < 4.78 is 0. The van der Waals surface area contributed by atoms with E-state index >= 15 is 0 Å². The highest BCUT2D eigenvalue weighted by Gasteiger charge is 2.04. The molecular weight excluding hydrogens is 280 g/mol. The molecule has 0 unspecified atom stereocenters. The highest BCUT2D eigenvalue weighted by molar-refractivity contribution is 4.60. The van der Waals surface area contributed by atoms with E-state index in [0.717, 1.165) is 6.54 Å². The quantitative estimate of drug-likeness (QED) is 0.289. The summed E-state index contributed by atoms with van der Waals surface area (Å²) in [5, 5.41) is 0. The van der Waals surface area contributed by atoms with Gasteiger partial charge in [0.15, 0.2) is 0 Å². The first-order valence-corrected chi connectivity index (χ1v) is 10.8. The molecule has 2 heteroatoms. The molecular formula is C21H46N2. The molecule has 2 nitrogen and oxygen atoms in total. The molecule has 0 saturated heterocycles. The van der Waals surface area contributed by atoms with Gasteiger partial charge in [-0.1, -0.05) is 84.5 Å². The van der Waals surface area contributed by atoms with Crippen molar-refractivity contribution in [1.82, 2.24) is 4.90 Å². The minimum atomic E-state index is 0.856. The van der Waals surface area contributed by atoms with E-state index in [1.54, 1.807) is 0 Å². The zero-order valence-electron chi connectivity index (χ0n) is 16.5. The Bertz CT molecular complexity index is 190. The Morgan fingerprint density at radius 1 is 0.478 bits per heavy atom. The van der Waals surface area contributed by atoms with E-state index in [1.807, 2.05) is 0 Å². The second-order valence-electron chi connectivity index (χ2n) is 7.23. The van der Waals surface area contributed by atoms with Crippen molar-refractivity contribution >= 4 is 0 Å². The number of hydrogen-bond acceptors (Lipinski definition) is 2. The van der Waals surface area contributed by atoms with Gasteiger partial charge in [-0.3, -0.25) is 0 Å². The average molecular weight is 327 g/mol. The van der Waals surface area contributed by atoms with Crippen molar-refractivity contribution < 1.29 is 0 Å². The summed E-state index contributed by atoms with van der Waals surface area (Å²) in [4.78, 5) is 2.73. The highest BCUT2D eigenvalue weighted by Crippen LogP contribution is 2.10. The van der Waals surface area contributed by atoms with Crippen molar-refractivity contribution in [3.8, 4) is 0 Å². The molecule has 0 rings (SSSR count). The summed E-state index contributed by atoms with van der Waals surface area (Å²) in [6, 6.07) is 0. The number of unbranched alkanes of at least 4 members (excludes halogenated alkanes) is 12. The third-order valence-electron chi connectivity index (χ3n) is 4.83. The van der Waals surface area contributed by atoms with Crippen molar-refractivity contribution in [3.05, 3.63) is 0 Å². The molecule has 0 bridgehead atoms. The largest absolute Gasteiger partial charge is 0.330 e. The first-order chi connectivity index (χ1) is 11.3. The van der Waals surface area contributed by atoms with E-state index in [4.69, 9.17) is 5.73 Å². The van der Waals surface area contributed by atoms with E-state index in [1.165, 1.54) is 116 Å². The Balaban J connectivity index is 3.70. The van der Waals surface area contributed by atoms with Crippen LogP contribution in [0.25, 0.3) is 0 Å². The van der Waals surface area contributed by atoms with Crippen LogP contribution in [0.1, 0.15) is 110 Å². The van der Waals surface area contributed by atoms with Gasteiger partial charge < -0.3 is 10.6 Å². The van der Waals surface area contributed by atoms with E-state index in [2.05, 4.69) is 18.7 Å². The lowest BCUT2D eigenvalue weighted by Gasteiger charge is -2.22. The molecule has 0 heterocycles. The molecule has 0 aromatic carbocycles. The molecule has 0 spiro atoms. The molecule has 0 amide bonds. The lowest BCUT2D eigenvalue weighted by atomic mass is 10.1. The molecule has 140 valence electrons. The van der Waals surface area contributed by atoms with Crippen molar-refractivity contribution in [2.75, 3.05) is 26.2 Å². The van der Waals surface area contributed by atoms with E-state index in [0.29, 0.717) is 0 Å². The predicted octanol–water partition coefficient (Wildman–Crippen LogP) is 6.14. The fraction of sp³-hybridized carbons (Fsp3) is 1.00. The molecule has 0 aliphatic heterocycles. The van der Waals surface area contributed by atoms with Crippen LogP contribution >= 0.6 is 0 Å². The van der Waals surface area contributed by atoms with Crippen LogP contribution in [0.3, 0.4) is 0 Å². The summed E-state index contributed by atoms with van der Waals surface area (Å²) in [6.45, 7) is 9.39. The van der Waals surface area contributed by atoms with Gasteiger partial charge in [-0.2, -0.15) is 0 Å². The number of hydrogen-bond donors (Lipinski definition) is 1. The van der Waals surface area contributed by atoms with Gasteiger partial charge in [-0.05, 0) is 51.9 Å². The third kappa shape index (κ3) is 18.1. The fourth-order valence-electron chi connectivity index (χ4n) is 3.22. The molecule has 0 aromatic rings. The zero-order chi connectivity index (χ0) is 17.0. The van der Waals surface area contributed by atoms with E-state index in [-0.39, 0.29) is 0 Å². The SMILES string of the molecule is CCCCCCCCN(CCCCCN)CCCCCCCC. The van der Waals surface area contributed by atoms with Crippen LogP contribution in [0.15, 0.2) is 0 Å². The van der Waals surface area contributed by atoms with Crippen LogP contribution in [-0.4, -0.2) is 31.1 Å². The standard InChI is InChI=1S/C21H46N2/c1-3-5-7-9-11-15-19-23(21-17-13-14-18-22)20-16-12-10-8-6-4-2/h3-22H2,1-2H3. The molecule has 0 atom stereocenters. The van der Waals surface area contributed by atoms with Crippen LogP contribution in [0.2, 0.25) is 0 Å². The summed E-state index contributed by atoms with van der Waals surface area (Å²) in [7, 11) is 0. The van der Waals surface area contributed by atoms with Gasteiger partial charge in [-0.15, -0.1) is 0 Å². The third-order valence-corrected chi connectivity index (χ3v) is 4.83. The van der Waals surface area contributed by atoms with Gasteiger partial charge in [0, 0.05) is 0 Å². The summed E-state index contributed by atoms with van der Waals surface area (Å²) >= 11 is 0. The maximum absolute atomic E-state index is 5.61. The molecule has 2 N–H and O–H groups in total. The molecule has 0 fully saturated rings.